The topological polar surface area (TPSA) is 168 Å². The molecule has 0 saturated heterocycles. The number of anilines is 1. The number of hydrogen-bond acceptors (Lipinski definition) is 9. The van der Waals surface area contributed by atoms with Crippen LogP contribution in [0.4, 0.5) is 5.95 Å². The number of rotatable bonds is 28. The lowest BCUT2D eigenvalue weighted by atomic mass is 9.99. The molecule has 0 bridgehead atoms. The van der Waals surface area contributed by atoms with Crippen molar-refractivity contribution < 1.29 is 19.1 Å². The number of carbonyl (C=O) groups is 2. The molecule has 2 aromatic heterocycles. The fraction of sp³-hybridized carbons (Fsp3) is 0.806. The summed E-state index contributed by atoms with van der Waals surface area (Å²) in [4.78, 5) is 47.9. The number of aromatic amines is 1. The SMILES string of the molecule is CCCCCCCCCCCCCCCCCC(=O)OCC[C@@H](CCCOC(=O)[C@@H](N)[C@@H](C)CC)Cn1cnc2c(=O)[nH]c(N)nc21. The monoisotopic (exact) mass is 660 g/mol. The van der Waals surface area contributed by atoms with E-state index in [1.165, 1.54) is 83.5 Å². The van der Waals surface area contributed by atoms with Crippen LogP contribution < -0.4 is 17.0 Å². The van der Waals surface area contributed by atoms with Gasteiger partial charge in [0.15, 0.2) is 11.2 Å². The van der Waals surface area contributed by atoms with Crippen molar-refractivity contribution >= 4 is 29.1 Å². The van der Waals surface area contributed by atoms with Gasteiger partial charge in [-0.05, 0) is 37.5 Å². The Labute approximate surface area is 282 Å². The number of hydrogen-bond donors (Lipinski definition) is 3. The van der Waals surface area contributed by atoms with Crippen molar-refractivity contribution in [2.45, 2.75) is 162 Å². The highest BCUT2D eigenvalue weighted by Gasteiger charge is 2.21. The molecule has 11 heteroatoms. The van der Waals surface area contributed by atoms with Gasteiger partial charge in [0.2, 0.25) is 5.95 Å². The van der Waals surface area contributed by atoms with Crippen molar-refractivity contribution in [3.8, 4) is 0 Å². The van der Waals surface area contributed by atoms with Crippen molar-refractivity contribution in [2.24, 2.45) is 17.6 Å². The maximum Gasteiger partial charge on any atom is 0.323 e. The first-order chi connectivity index (χ1) is 22.8. The summed E-state index contributed by atoms with van der Waals surface area (Å²) < 4.78 is 12.8. The van der Waals surface area contributed by atoms with Crippen LogP contribution in [0.3, 0.4) is 0 Å². The number of imidazole rings is 1. The third kappa shape index (κ3) is 16.6. The van der Waals surface area contributed by atoms with E-state index in [1.54, 1.807) is 10.9 Å². The van der Waals surface area contributed by atoms with E-state index < -0.39 is 6.04 Å². The van der Waals surface area contributed by atoms with Gasteiger partial charge in [-0.1, -0.05) is 117 Å². The van der Waals surface area contributed by atoms with Gasteiger partial charge in [-0.25, -0.2) is 4.98 Å². The number of nitrogens with one attached hydrogen (secondary N) is 1. The van der Waals surface area contributed by atoms with E-state index in [0.29, 0.717) is 44.5 Å². The van der Waals surface area contributed by atoms with Gasteiger partial charge in [0.1, 0.15) is 6.04 Å². The molecule has 0 unspecified atom stereocenters. The van der Waals surface area contributed by atoms with E-state index in [4.69, 9.17) is 20.9 Å². The third-order valence-electron chi connectivity index (χ3n) is 9.25. The Hall–Kier alpha value is -2.95. The molecular formula is C36H64N6O5. The van der Waals surface area contributed by atoms with Gasteiger partial charge < -0.3 is 25.5 Å². The first kappa shape index (κ1) is 40.2. The molecule has 3 atom stereocenters. The summed E-state index contributed by atoms with van der Waals surface area (Å²) in [5.74, 6) is -0.408. The van der Waals surface area contributed by atoms with Crippen LogP contribution in [0.15, 0.2) is 11.1 Å². The average molecular weight is 661 g/mol. The quantitative estimate of drug-likeness (QED) is 0.0631. The molecule has 2 aromatic rings. The number of unbranched alkanes of at least 4 members (excludes halogenated alkanes) is 14. The molecule has 0 amide bonds. The zero-order chi connectivity index (χ0) is 34.3. The number of esters is 2. The number of nitrogens with zero attached hydrogens (tertiary/aromatic N) is 3. The minimum atomic E-state index is -0.633. The Kier molecular flexibility index (Phi) is 20.7. The molecule has 0 radical (unpaired) electrons. The van der Waals surface area contributed by atoms with Gasteiger partial charge >= 0.3 is 11.9 Å². The summed E-state index contributed by atoms with van der Waals surface area (Å²) in [5, 5.41) is 0. The van der Waals surface area contributed by atoms with Crippen molar-refractivity contribution in [2.75, 3.05) is 18.9 Å². The van der Waals surface area contributed by atoms with Crippen molar-refractivity contribution in [1.29, 1.82) is 0 Å². The number of fused-ring (bicyclic) bond motifs is 1. The highest BCUT2D eigenvalue weighted by molar-refractivity contribution is 5.75. The maximum atomic E-state index is 12.4. The largest absolute Gasteiger partial charge is 0.466 e. The van der Waals surface area contributed by atoms with E-state index in [1.807, 2.05) is 13.8 Å². The lowest BCUT2D eigenvalue weighted by Gasteiger charge is -2.19. The van der Waals surface area contributed by atoms with E-state index >= 15 is 0 Å². The molecule has 0 aliphatic heterocycles. The van der Waals surface area contributed by atoms with Crippen LogP contribution >= 0.6 is 0 Å². The first-order valence-corrected chi connectivity index (χ1v) is 18.5. The fourth-order valence-corrected chi connectivity index (χ4v) is 5.89. The standard InChI is InChI=1S/C36H64N6O5/c1-4-6-7-8-9-10-11-12-13-14-15-16-17-18-19-22-30(43)46-25-23-29(21-20-24-47-35(45)31(37)28(3)5-2)26-42-27-39-32-33(42)40-36(38)41-34(32)44/h27-29,31H,4-26,37H2,1-3H3,(H3,38,40,41,44)/t28-,29+,31-/m0/s1. The first-order valence-electron chi connectivity index (χ1n) is 18.5. The molecule has 268 valence electrons. The van der Waals surface area contributed by atoms with E-state index in [0.717, 1.165) is 19.3 Å². The van der Waals surface area contributed by atoms with E-state index in [-0.39, 0.29) is 47.4 Å². The summed E-state index contributed by atoms with van der Waals surface area (Å²) in [5.41, 5.74) is 12.0. The van der Waals surface area contributed by atoms with Crippen molar-refractivity contribution in [3.63, 3.8) is 0 Å². The second-order valence-electron chi connectivity index (χ2n) is 13.3. The second-order valence-corrected chi connectivity index (χ2v) is 13.3. The van der Waals surface area contributed by atoms with Crippen LogP contribution in [-0.4, -0.2) is 50.7 Å². The highest BCUT2D eigenvalue weighted by Crippen LogP contribution is 2.19. The Bertz CT molecular complexity index is 1200. The zero-order valence-corrected chi connectivity index (χ0v) is 29.6. The number of ether oxygens (including phenoxy) is 2. The van der Waals surface area contributed by atoms with E-state index in [9.17, 15) is 14.4 Å². The van der Waals surface area contributed by atoms with Gasteiger partial charge in [-0.15, -0.1) is 0 Å². The molecule has 11 nitrogen and oxygen atoms in total. The van der Waals surface area contributed by atoms with E-state index in [2.05, 4.69) is 21.9 Å². The minimum Gasteiger partial charge on any atom is -0.466 e. The molecule has 2 heterocycles. The molecule has 0 saturated carbocycles. The molecular weight excluding hydrogens is 596 g/mol. The summed E-state index contributed by atoms with van der Waals surface area (Å²) in [7, 11) is 0. The molecule has 5 N–H and O–H groups in total. The predicted molar refractivity (Wildman–Crippen MR) is 189 cm³/mol. The van der Waals surface area contributed by atoms with Gasteiger partial charge in [0, 0.05) is 13.0 Å². The summed E-state index contributed by atoms with van der Waals surface area (Å²) in [6.07, 6.45) is 24.1. The average Bonchev–Trinajstić information content (AvgIpc) is 3.46. The summed E-state index contributed by atoms with van der Waals surface area (Å²) in [6, 6.07) is -0.633. The van der Waals surface area contributed by atoms with Gasteiger partial charge in [0.05, 0.1) is 19.5 Å². The smallest absolute Gasteiger partial charge is 0.323 e. The third-order valence-corrected chi connectivity index (χ3v) is 9.25. The zero-order valence-electron chi connectivity index (χ0n) is 29.6. The van der Waals surface area contributed by atoms with Crippen LogP contribution in [0.1, 0.15) is 149 Å². The number of nitrogens with two attached hydrogens (primary N) is 2. The minimum absolute atomic E-state index is 0.0260. The molecule has 0 fully saturated rings. The summed E-state index contributed by atoms with van der Waals surface area (Å²) in [6.45, 7) is 7.25. The fourth-order valence-electron chi connectivity index (χ4n) is 5.89. The normalized spacial score (nSPS) is 13.4. The molecule has 0 aliphatic carbocycles. The Morgan fingerprint density at radius 3 is 2.04 bits per heavy atom. The van der Waals surface area contributed by atoms with Gasteiger partial charge in [-0.3, -0.25) is 19.4 Å². The van der Waals surface area contributed by atoms with Crippen LogP contribution in [0.5, 0.6) is 0 Å². The molecule has 0 spiro atoms. The Balaban J connectivity index is 1.67. The lowest BCUT2D eigenvalue weighted by molar-refractivity contribution is -0.147. The predicted octanol–water partition coefficient (Wildman–Crippen LogP) is 7.21. The van der Waals surface area contributed by atoms with Crippen LogP contribution in [0.25, 0.3) is 11.2 Å². The number of H-pyrrole nitrogens is 1. The molecule has 2 rings (SSSR count). The Morgan fingerprint density at radius 2 is 1.45 bits per heavy atom. The molecule has 47 heavy (non-hydrogen) atoms. The van der Waals surface area contributed by atoms with Crippen molar-refractivity contribution in [1.82, 2.24) is 19.5 Å². The maximum absolute atomic E-state index is 12.4. The molecule has 0 aromatic carbocycles. The van der Waals surface area contributed by atoms with Crippen LogP contribution in [-0.2, 0) is 25.6 Å². The molecule has 0 aliphatic rings. The van der Waals surface area contributed by atoms with Crippen LogP contribution in [0, 0.1) is 11.8 Å². The van der Waals surface area contributed by atoms with Gasteiger partial charge in [-0.2, -0.15) is 4.98 Å². The number of nitrogen functional groups attached to an aromatic ring is 1. The Morgan fingerprint density at radius 1 is 0.851 bits per heavy atom. The lowest BCUT2D eigenvalue weighted by Crippen LogP contribution is -2.38. The second kappa shape index (κ2) is 24.2. The van der Waals surface area contributed by atoms with Crippen molar-refractivity contribution in [3.05, 3.63) is 16.7 Å². The number of carbonyl (C=O) groups excluding carboxylic acids is 2. The van der Waals surface area contributed by atoms with Gasteiger partial charge in [0.25, 0.3) is 5.56 Å². The highest BCUT2D eigenvalue weighted by atomic mass is 16.5. The van der Waals surface area contributed by atoms with Crippen LogP contribution in [0.2, 0.25) is 0 Å². The summed E-state index contributed by atoms with van der Waals surface area (Å²) >= 11 is 0. The number of aromatic nitrogens is 4.